The molecule has 3 aromatic rings. The monoisotopic (exact) mass is 432 g/mol. The van der Waals surface area contributed by atoms with Gasteiger partial charge >= 0.3 is 0 Å². The number of fused-ring (bicyclic) bond motifs is 3. The smallest absolute Gasteiger partial charge is 0.274 e. The molecule has 1 unspecified atom stereocenters. The second-order valence-electron chi connectivity index (χ2n) is 6.35. The Morgan fingerprint density at radius 1 is 1.27 bits per heavy atom. The highest BCUT2D eigenvalue weighted by atomic mass is 79.9. The number of hydrogen-bond acceptors (Lipinski definition) is 3. The highest BCUT2D eigenvalue weighted by Gasteiger charge is 2.26. The van der Waals surface area contributed by atoms with Crippen LogP contribution in [0.15, 0.2) is 46.9 Å². The fourth-order valence-corrected chi connectivity index (χ4v) is 5.10. The van der Waals surface area contributed by atoms with Crippen molar-refractivity contribution in [2.75, 3.05) is 5.75 Å². The summed E-state index contributed by atoms with van der Waals surface area (Å²) in [7, 11) is 0. The Hall–Kier alpha value is -1.80. The molecule has 0 aliphatic carbocycles. The van der Waals surface area contributed by atoms with Crippen LogP contribution in [0.1, 0.15) is 27.2 Å². The van der Waals surface area contributed by atoms with Gasteiger partial charge in [-0.15, -0.1) is 0 Å². The van der Waals surface area contributed by atoms with Gasteiger partial charge < -0.3 is 9.12 Å². The summed E-state index contributed by atoms with van der Waals surface area (Å²) >= 11 is 2.73. The average molecular weight is 433 g/mol. The van der Waals surface area contributed by atoms with Gasteiger partial charge in [0.2, 0.25) is 0 Å². The summed E-state index contributed by atoms with van der Waals surface area (Å²) in [5.41, 5.74) is 6.68. The molecule has 0 saturated carbocycles. The zero-order chi connectivity index (χ0) is 18.3. The average Bonchev–Trinajstić information content (AvgIpc) is 2.94. The molecule has 0 saturated heterocycles. The van der Waals surface area contributed by atoms with Crippen LogP contribution in [0, 0.1) is 0 Å². The Kier molecular flexibility index (Phi) is 4.79. The Morgan fingerprint density at radius 2 is 2.04 bits per heavy atom. The topological polar surface area (TPSA) is 77.3 Å². The molecule has 1 aliphatic heterocycles. The van der Waals surface area contributed by atoms with Crippen molar-refractivity contribution in [1.29, 1.82) is 0 Å². The highest BCUT2D eigenvalue weighted by molar-refractivity contribution is 9.10. The van der Waals surface area contributed by atoms with E-state index >= 15 is 0 Å². The predicted molar refractivity (Wildman–Crippen MR) is 105 cm³/mol. The first-order valence-corrected chi connectivity index (χ1v) is 10.5. The van der Waals surface area contributed by atoms with Crippen LogP contribution >= 0.6 is 15.9 Å². The first kappa shape index (κ1) is 17.6. The summed E-state index contributed by atoms with van der Waals surface area (Å²) in [4.78, 5) is 11.5. The fraction of sp³-hybridized carbons (Fsp3) is 0.211. The zero-order valence-electron chi connectivity index (χ0n) is 13.9. The van der Waals surface area contributed by atoms with Gasteiger partial charge in [-0.25, -0.2) is 5.48 Å². The lowest BCUT2D eigenvalue weighted by Crippen LogP contribution is -2.20. The lowest BCUT2D eigenvalue weighted by molar-refractivity contribution is 0.0706. The largest absolute Gasteiger partial charge is 0.616 e. The van der Waals surface area contributed by atoms with Crippen molar-refractivity contribution in [3.8, 4) is 0 Å². The third kappa shape index (κ3) is 3.16. The number of carbonyl (C=O) groups excluding carboxylic acids is 1. The van der Waals surface area contributed by atoms with Crippen molar-refractivity contribution >= 4 is 43.9 Å². The maximum Gasteiger partial charge on any atom is 0.274 e. The standard InChI is InChI=1S/C19H17BrN2O3S/c20-14-5-6-17-15(9-14)16-11-26(25)8-7-18(16)22(17)10-12-1-3-13(4-2-12)19(23)21-24/h1-6,9,24H,7-8,10-11H2,(H,21,23). The van der Waals surface area contributed by atoms with Gasteiger partial charge in [-0.2, -0.15) is 0 Å². The van der Waals surface area contributed by atoms with Gasteiger partial charge in [0.1, 0.15) is 11.5 Å². The van der Waals surface area contributed by atoms with Crippen LogP contribution < -0.4 is 5.48 Å². The number of nitrogens with zero attached hydrogens (tertiary/aromatic N) is 1. The maximum absolute atomic E-state index is 12.1. The van der Waals surface area contributed by atoms with Gasteiger partial charge in [0.25, 0.3) is 5.91 Å². The molecule has 0 fully saturated rings. The van der Waals surface area contributed by atoms with Crippen LogP contribution in [0.2, 0.25) is 0 Å². The number of amides is 1. The van der Waals surface area contributed by atoms with Crippen molar-refractivity contribution in [2.45, 2.75) is 18.7 Å². The van der Waals surface area contributed by atoms with Crippen LogP contribution in [0.5, 0.6) is 0 Å². The van der Waals surface area contributed by atoms with Crippen molar-refractivity contribution in [3.05, 3.63) is 69.3 Å². The number of hydrogen-bond donors (Lipinski definition) is 2. The van der Waals surface area contributed by atoms with Gasteiger partial charge in [0, 0.05) is 45.2 Å². The fourth-order valence-electron chi connectivity index (χ4n) is 3.53. The minimum atomic E-state index is -0.804. The second kappa shape index (κ2) is 7.08. The van der Waals surface area contributed by atoms with E-state index in [4.69, 9.17) is 5.21 Å². The first-order valence-electron chi connectivity index (χ1n) is 8.24. The van der Waals surface area contributed by atoms with E-state index in [2.05, 4.69) is 32.6 Å². The molecule has 1 atom stereocenters. The molecule has 0 bridgehead atoms. The molecule has 1 aliphatic rings. The third-order valence-corrected chi connectivity index (χ3v) is 6.54. The van der Waals surface area contributed by atoms with Crippen molar-refractivity contribution < 1.29 is 14.6 Å². The molecule has 26 heavy (non-hydrogen) atoms. The second-order valence-corrected chi connectivity index (χ2v) is 8.84. The maximum atomic E-state index is 12.1. The van der Waals surface area contributed by atoms with Gasteiger partial charge in [0.15, 0.2) is 0 Å². The number of benzene rings is 2. The molecule has 4 rings (SSSR count). The molecule has 2 N–H and O–H groups in total. The van der Waals surface area contributed by atoms with E-state index in [-0.39, 0.29) is 0 Å². The number of hydroxylamine groups is 1. The van der Waals surface area contributed by atoms with Gasteiger partial charge in [-0.3, -0.25) is 10.0 Å². The lowest BCUT2D eigenvalue weighted by atomic mass is 10.1. The normalized spacial score (nSPS) is 16.5. The summed E-state index contributed by atoms with van der Waals surface area (Å²) in [5.74, 6) is 0.776. The SMILES string of the molecule is O=C(NO)c1ccc(Cn2c3c(c4cc(Br)ccc42)C[S+]([O-])CC3)cc1. The minimum Gasteiger partial charge on any atom is -0.616 e. The van der Waals surface area contributed by atoms with Crippen LogP contribution in [0.4, 0.5) is 0 Å². The summed E-state index contributed by atoms with van der Waals surface area (Å²) < 4.78 is 15.4. The predicted octanol–water partition coefficient (Wildman–Crippen LogP) is 3.38. The molecule has 1 aromatic heterocycles. The summed E-state index contributed by atoms with van der Waals surface area (Å²) in [5, 5.41) is 9.88. The molecule has 2 heterocycles. The van der Waals surface area contributed by atoms with E-state index in [1.165, 1.54) is 11.3 Å². The molecule has 134 valence electrons. The Morgan fingerprint density at radius 3 is 2.77 bits per heavy atom. The molecule has 5 nitrogen and oxygen atoms in total. The van der Waals surface area contributed by atoms with E-state index in [9.17, 15) is 9.35 Å². The lowest BCUT2D eigenvalue weighted by Gasteiger charge is -2.19. The molecule has 1 amide bonds. The molecular weight excluding hydrogens is 416 g/mol. The molecule has 7 heteroatoms. The van der Waals surface area contributed by atoms with Crippen LogP contribution in [-0.4, -0.2) is 26.0 Å². The highest BCUT2D eigenvalue weighted by Crippen LogP contribution is 2.34. The quantitative estimate of drug-likeness (QED) is 0.378. The number of rotatable bonds is 3. The minimum absolute atomic E-state index is 0.412. The van der Waals surface area contributed by atoms with Gasteiger partial charge in [-0.1, -0.05) is 28.1 Å². The number of aromatic nitrogens is 1. The van der Waals surface area contributed by atoms with E-state index in [0.717, 1.165) is 27.4 Å². The number of carbonyl (C=O) groups is 1. The van der Waals surface area contributed by atoms with Crippen molar-refractivity contribution in [2.24, 2.45) is 0 Å². The van der Waals surface area contributed by atoms with Crippen molar-refractivity contribution in [3.63, 3.8) is 0 Å². The third-order valence-electron chi connectivity index (χ3n) is 4.78. The Bertz CT molecular complexity index is 985. The Balaban J connectivity index is 1.76. The first-order chi connectivity index (χ1) is 12.6. The van der Waals surface area contributed by atoms with E-state index in [1.54, 1.807) is 17.6 Å². The molecule has 2 aromatic carbocycles. The molecule has 0 spiro atoms. The van der Waals surface area contributed by atoms with Crippen LogP contribution in [-0.2, 0) is 29.9 Å². The summed E-state index contributed by atoms with van der Waals surface area (Å²) in [6.07, 6.45) is 0.805. The number of halogens is 1. The van der Waals surface area contributed by atoms with E-state index in [1.807, 2.05) is 18.2 Å². The molecule has 0 radical (unpaired) electrons. The number of nitrogens with one attached hydrogen (secondary N) is 1. The van der Waals surface area contributed by atoms with Crippen molar-refractivity contribution in [1.82, 2.24) is 10.0 Å². The summed E-state index contributed by atoms with van der Waals surface area (Å²) in [6, 6.07) is 13.4. The zero-order valence-corrected chi connectivity index (χ0v) is 16.3. The summed E-state index contributed by atoms with van der Waals surface area (Å²) in [6.45, 7) is 0.682. The van der Waals surface area contributed by atoms with E-state index in [0.29, 0.717) is 23.6 Å². The van der Waals surface area contributed by atoms with Gasteiger partial charge in [-0.05, 0) is 47.1 Å². The van der Waals surface area contributed by atoms with E-state index < -0.39 is 17.1 Å². The van der Waals surface area contributed by atoms with Gasteiger partial charge in [0.05, 0.1) is 0 Å². The van der Waals surface area contributed by atoms with Crippen LogP contribution in [0.3, 0.4) is 0 Å². The Labute approximate surface area is 162 Å². The molecular formula is C19H17BrN2O3S. The van der Waals surface area contributed by atoms with Crippen LogP contribution in [0.25, 0.3) is 10.9 Å².